The van der Waals surface area contributed by atoms with Crippen molar-refractivity contribution in [1.82, 2.24) is 10.2 Å². The third-order valence-electron chi connectivity index (χ3n) is 5.42. The standard InChI is InChI=1S/C26H26FN3O4/c1-2-28-26(32)24(16-19-8-4-3-5-9-19)29(18-20-12-14-22(27)15-13-20)25(31)17-21-10-6-7-11-23(21)30(33)34/h3-15,24H,2,16-18H2,1H3,(H,28,32)/t24-/m0/s1. The van der Waals surface area contributed by atoms with Crippen molar-refractivity contribution in [2.45, 2.75) is 32.4 Å². The summed E-state index contributed by atoms with van der Waals surface area (Å²) in [5, 5.41) is 14.2. The molecule has 0 spiro atoms. The minimum absolute atomic E-state index is 0.0500. The Labute approximate surface area is 197 Å². The maximum atomic E-state index is 13.5. The molecule has 1 atom stereocenters. The number of amides is 2. The van der Waals surface area contributed by atoms with E-state index in [1.54, 1.807) is 25.1 Å². The van der Waals surface area contributed by atoms with Crippen molar-refractivity contribution < 1.29 is 18.9 Å². The van der Waals surface area contributed by atoms with Crippen molar-refractivity contribution in [3.8, 4) is 0 Å². The van der Waals surface area contributed by atoms with Gasteiger partial charge in [-0.3, -0.25) is 19.7 Å². The number of rotatable bonds is 10. The summed E-state index contributed by atoms with van der Waals surface area (Å²) in [5.41, 5.74) is 1.60. The maximum Gasteiger partial charge on any atom is 0.273 e. The summed E-state index contributed by atoms with van der Waals surface area (Å²) < 4.78 is 13.5. The van der Waals surface area contributed by atoms with Crippen molar-refractivity contribution in [1.29, 1.82) is 0 Å². The van der Waals surface area contributed by atoms with E-state index < -0.39 is 22.7 Å². The first-order valence-corrected chi connectivity index (χ1v) is 11.0. The van der Waals surface area contributed by atoms with Gasteiger partial charge in [0.25, 0.3) is 5.69 Å². The second kappa shape index (κ2) is 11.7. The molecule has 0 radical (unpaired) electrons. The van der Waals surface area contributed by atoms with Gasteiger partial charge < -0.3 is 10.2 Å². The molecule has 0 aliphatic carbocycles. The Bertz CT molecular complexity index is 1140. The van der Waals surface area contributed by atoms with Crippen LogP contribution in [0.2, 0.25) is 0 Å². The molecule has 0 aliphatic rings. The lowest BCUT2D eigenvalue weighted by Crippen LogP contribution is -2.51. The normalized spacial score (nSPS) is 11.5. The number of carbonyl (C=O) groups is 2. The van der Waals surface area contributed by atoms with Gasteiger partial charge in [0.15, 0.2) is 0 Å². The summed E-state index contributed by atoms with van der Waals surface area (Å²) >= 11 is 0. The van der Waals surface area contributed by atoms with Gasteiger partial charge in [-0.1, -0.05) is 60.7 Å². The molecule has 176 valence electrons. The Balaban J connectivity index is 1.99. The Kier molecular flexibility index (Phi) is 8.45. The van der Waals surface area contributed by atoms with Crippen molar-refractivity contribution in [3.63, 3.8) is 0 Å². The van der Waals surface area contributed by atoms with E-state index in [0.29, 0.717) is 12.1 Å². The summed E-state index contributed by atoms with van der Waals surface area (Å²) in [5.74, 6) is -1.18. The number of hydrogen-bond acceptors (Lipinski definition) is 4. The summed E-state index contributed by atoms with van der Waals surface area (Å²) in [6, 6.07) is 20.2. The first kappa shape index (κ1) is 24.6. The number of carbonyl (C=O) groups excluding carboxylic acids is 2. The first-order chi connectivity index (χ1) is 16.4. The van der Waals surface area contributed by atoms with E-state index in [2.05, 4.69) is 5.32 Å². The van der Waals surface area contributed by atoms with Gasteiger partial charge in [-0.05, 0) is 30.2 Å². The zero-order valence-electron chi connectivity index (χ0n) is 18.8. The molecule has 2 amide bonds. The predicted octanol–water partition coefficient (Wildman–Crippen LogP) is 4.05. The van der Waals surface area contributed by atoms with Gasteiger partial charge in [0.2, 0.25) is 11.8 Å². The molecule has 7 nitrogen and oxygen atoms in total. The van der Waals surface area contributed by atoms with Crippen LogP contribution >= 0.6 is 0 Å². The van der Waals surface area contributed by atoms with Crippen LogP contribution in [0.25, 0.3) is 0 Å². The number of hydrogen-bond donors (Lipinski definition) is 1. The van der Waals surface area contributed by atoms with Gasteiger partial charge in [0, 0.05) is 31.1 Å². The molecule has 0 saturated heterocycles. The quantitative estimate of drug-likeness (QED) is 0.363. The fraction of sp³-hybridized carbons (Fsp3) is 0.231. The third-order valence-corrected chi connectivity index (χ3v) is 5.42. The molecule has 34 heavy (non-hydrogen) atoms. The van der Waals surface area contributed by atoms with E-state index in [-0.39, 0.29) is 36.5 Å². The average molecular weight is 464 g/mol. The summed E-state index contributed by atoms with van der Waals surface area (Å²) in [6.07, 6.45) is 0.0134. The zero-order valence-corrected chi connectivity index (χ0v) is 18.8. The number of halogens is 1. The molecule has 0 fully saturated rings. The van der Waals surface area contributed by atoms with Gasteiger partial charge in [0.05, 0.1) is 11.3 Å². The average Bonchev–Trinajstić information content (AvgIpc) is 2.83. The zero-order chi connectivity index (χ0) is 24.5. The van der Waals surface area contributed by atoms with Crippen LogP contribution in [-0.2, 0) is 29.0 Å². The molecule has 3 rings (SSSR count). The van der Waals surface area contributed by atoms with E-state index in [0.717, 1.165) is 5.56 Å². The van der Waals surface area contributed by atoms with E-state index in [4.69, 9.17) is 0 Å². The molecular formula is C26H26FN3O4. The van der Waals surface area contributed by atoms with Crippen LogP contribution in [0.15, 0.2) is 78.9 Å². The van der Waals surface area contributed by atoms with Crippen LogP contribution in [0, 0.1) is 15.9 Å². The molecule has 0 aliphatic heterocycles. The minimum atomic E-state index is -0.859. The molecule has 0 unspecified atom stereocenters. The lowest BCUT2D eigenvalue weighted by atomic mass is 10.0. The molecule has 1 N–H and O–H groups in total. The SMILES string of the molecule is CCNC(=O)[C@H](Cc1ccccc1)N(Cc1ccc(F)cc1)C(=O)Cc1ccccc1[N+](=O)[O-]. The van der Waals surface area contributed by atoms with Crippen molar-refractivity contribution in [2.75, 3.05) is 6.54 Å². The van der Waals surface area contributed by atoms with E-state index in [9.17, 15) is 24.1 Å². The van der Waals surface area contributed by atoms with Gasteiger partial charge >= 0.3 is 0 Å². The maximum absolute atomic E-state index is 13.5. The molecule has 0 aromatic heterocycles. The first-order valence-electron chi connectivity index (χ1n) is 11.0. The highest BCUT2D eigenvalue weighted by molar-refractivity contribution is 5.89. The minimum Gasteiger partial charge on any atom is -0.355 e. The smallest absolute Gasteiger partial charge is 0.273 e. The van der Waals surface area contributed by atoms with Crippen LogP contribution in [0.1, 0.15) is 23.6 Å². The Morgan fingerprint density at radius 1 is 0.971 bits per heavy atom. The Hall–Kier alpha value is -4.07. The Morgan fingerprint density at radius 2 is 1.62 bits per heavy atom. The summed E-state index contributed by atoms with van der Waals surface area (Å²) in [4.78, 5) is 39.0. The highest BCUT2D eigenvalue weighted by Gasteiger charge is 2.31. The molecule has 3 aromatic carbocycles. The van der Waals surface area contributed by atoms with Gasteiger partial charge in [0.1, 0.15) is 11.9 Å². The number of nitrogens with one attached hydrogen (secondary N) is 1. The summed E-state index contributed by atoms with van der Waals surface area (Å²) in [6.45, 7) is 2.22. The van der Waals surface area contributed by atoms with Crippen LogP contribution in [0.3, 0.4) is 0 Å². The molecule has 0 saturated carbocycles. The van der Waals surface area contributed by atoms with Crippen LogP contribution < -0.4 is 5.32 Å². The van der Waals surface area contributed by atoms with Crippen LogP contribution in [0.5, 0.6) is 0 Å². The lowest BCUT2D eigenvalue weighted by Gasteiger charge is -2.31. The topological polar surface area (TPSA) is 92.6 Å². The molecule has 3 aromatic rings. The number of nitrogens with zero attached hydrogens (tertiary/aromatic N) is 2. The second-order valence-corrected chi connectivity index (χ2v) is 7.81. The number of para-hydroxylation sites is 1. The largest absolute Gasteiger partial charge is 0.355 e. The predicted molar refractivity (Wildman–Crippen MR) is 126 cm³/mol. The lowest BCUT2D eigenvalue weighted by molar-refractivity contribution is -0.385. The fourth-order valence-corrected chi connectivity index (χ4v) is 3.74. The van der Waals surface area contributed by atoms with E-state index >= 15 is 0 Å². The highest BCUT2D eigenvalue weighted by atomic mass is 19.1. The number of benzene rings is 3. The van der Waals surface area contributed by atoms with Crippen molar-refractivity contribution >= 4 is 17.5 Å². The molecular weight excluding hydrogens is 437 g/mol. The number of nitro benzene ring substituents is 1. The fourth-order valence-electron chi connectivity index (χ4n) is 3.74. The van der Waals surface area contributed by atoms with Crippen molar-refractivity contribution in [2.24, 2.45) is 0 Å². The van der Waals surface area contributed by atoms with Gasteiger partial charge in [-0.15, -0.1) is 0 Å². The van der Waals surface area contributed by atoms with Crippen LogP contribution in [0.4, 0.5) is 10.1 Å². The molecule has 0 heterocycles. The third kappa shape index (κ3) is 6.48. The van der Waals surface area contributed by atoms with Crippen LogP contribution in [-0.4, -0.2) is 34.2 Å². The van der Waals surface area contributed by atoms with Crippen molar-refractivity contribution in [3.05, 3.63) is 111 Å². The monoisotopic (exact) mass is 463 g/mol. The molecule has 0 bridgehead atoms. The van der Waals surface area contributed by atoms with E-state index in [1.807, 2.05) is 30.3 Å². The second-order valence-electron chi connectivity index (χ2n) is 7.81. The van der Waals surface area contributed by atoms with Gasteiger partial charge in [-0.2, -0.15) is 0 Å². The highest BCUT2D eigenvalue weighted by Crippen LogP contribution is 2.21. The number of likely N-dealkylation sites (N-methyl/N-ethyl adjacent to an activating group) is 1. The number of nitro groups is 1. The van der Waals surface area contributed by atoms with Gasteiger partial charge in [-0.25, -0.2) is 4.39 Å². The Morgan fingerprint density at radius 3 is 2.26 bits per heavy atom. The summed E-state index contributed by atoms with van der Waals surface area (Å²) in [7, 11) is 0. The van der Waals surface area contributed by atoms with E-state index in [1.165, 1.54) is 35.2 Å². The molecule has 8 heteroatoms.